The fraction of sp³-hybridized carbons (Fsp3) is 0.263. The molecular formula is C19H15F3N4O2. The van der Waals surface area contributed by atoms with Crippen LogP contribution in [0.2, 0.25) is 0 Å². The molecule has 1 fully saturated rings. The van der Waals surface area contributed by atoms with Gasteiger partial charge in [-0.2, -0.15) is 0 Å². The van der Waals surface area contributed by atoms with Crippen LogP contribution < -0.4 is 5.32 Å². The van der Waals surface area contributed by atoms with Gasteiger partial charge in [-0.25, -0.2) is 23.1 Å². The van der Waals surface area contributed by atoms with Crippen molar-refractivity contribution in [2.24, 2.45) is 0 Å². The van der Waals surface area contributed by atoms with Gasteiger partial charge in [0.2, 0.25) is 11.9 Å². The van der Waals surface area contributed by atoms with Gasteiger partial charge in [0.15, 0.2) is 5.82 Å². The van der Waals surface area contributed by atoms with Crippen LogP contribution in [0.3, 0.4) is 0 Å². The SMILES string of the molecule is C=C(F)c1ccc2c(c1)C1(C[C@H]1F)CN(CC(=O)Nc1ncc(F)cn1)C2=O. The molecule has 9 heteroatoms. The highest BCUT2D eigenvalue weighted by molar-refractivity contribution is 6.01. The van der Waals surface area contributed by atoms with Crippen LogP contribution >= 0.6 is 0 Å². The molecule has 0 bridgehead atoms. The normalized spacial score (nSPS) is 22.8. The molecule has 2 aliphatic rings. The maximum atomic E-state index is 14.3. The van der Waals surface area contributed by atoms with Crippen molar-refractivity contribution in [3.05, 3.63) is 59.7 Å². The zero-order valence-corrected chi connectivity index (χ0v) is 14.6. The van der Waals surface area contributed by atoms with Gasteiger partial charge in [0, 0.05) is 23.1 Å². The molecule has 1 aliphatic carbocycles. The molecule has 0 saturated heterocycles. The summed E-state index contributed by atoms with van der Waals surface area (Å²) in [7, 11) is 0. The zero-order valence-electron chi connectivity index (χ0n) is 14.6. The third kappa shape index (κ3) is 3.02. The molecule has 2 aromatic rings. The second-order valence-corrected chi connectivity index (χ2v) is 6.93. The summed E-state index contributed by atoms with van der Waals surface area (Å²) >= 11 is 0. The van der Waals surface area contributed by atoms with Crippen LogP contribution in [0.1, 0.15) is 27.9 Å². The Bertz CT molecular complexity index is 995. The number of alkyl halides is 1. The van der Waals surface area contributed by atoms with Crippen molar-refractivity contribution in [3.8, 4) is 0 Å². The summed E-state index contributed by atoms with van der Waals surface area (Å²) in [5.74, 6) is -2.47. The maximum absolute atomic E-state index is 14.3. The largest absolute Gasteiger partial charge is 0.328 e. The second-order valence-electron chi connectivity index (χ2n) is 6.93. The number of aromatic nitrogens is 2. The lowest BCUT2D eigenvalue weighted by atomic mass is 9.85. The molecule has 1 unspecified atom stereocenters. The Morgan fingerprint density at radius 3 is 2.64 bits per heavy atom. The molecule has 28 heavy (non-hydrogen) atoms. The highest BCUT2D eigenvalue weighted by Gasteiger charge is 2.61. The van der Waals surface area contributed by atoms with Crippen LogP contribution in [0.25, 0.3) is 5.83 Å². The number of benzene rings is 1. The van der Waals surface area contributed by atoms with E-state index in [0.29, 0.717) is 5.56 Å². The summed E-state index contributed by atoms with van der Waals surface area (Å²) in [5, 5.41) is 2.37. The first-order valence-corrected chi connectivity index (χ1v) is 8.50. The molecule has 1 saturated carbocycles. The number of carbonyl (C=O) groups excluding carboxylic acids is 2. The van der Waals surface area contributed by atoms with E-state index < -0.39 is 35.0 Å². The molecule has 2 heterocycles. The van der Waals surface area contributed by atoms with Crippen molar-refractivity contribution in [1.82, 2.24) is 14.9 Å². The van der Waals surface area contributed by atoms with Gasteiger partial charge in [-0.15, -0.1) is 0 Å². The fourth-order valence-electron chi connectivity index (χ4n) is 3.52. The van der Waals surface area contributed by atoms with Crippen molar-refractivity contribution in [3.63, 3.8) is 0 Å². The summed E-state index contributed by atoms with van der Waals surface area (Å²) in [6.45, 7) is 2.89. The van der Waals surface area contributed by atoms with Crippen molar-refractivity contribution < 1.29 is 22.8 Å². The number of hydrogen-bond donors (Lipinski definition) is 1. The number of amides is 2. The molecule has 1 aliphatic heterocycles. The Morgan fingerprint density at radius 2 is 2.04 bits per heavy atom. The zero-order chi connectivity index (χ0) is 20.1. The van der Waals surface area contributed by atoms with Gasteiger partial charge in [-0.05, 0) is 24.1 Å². The molecule has 0 radical (unpaired) electrons. The van der Waals surface area contributed by atoms with Gasteiger partial charge in [-0.3, -0.25) is 14.9 Å². The van der Waals surface area contributed by atoms with Crippen molar-refractivity contribution in [2.45, 2.75) is 18.0 Å². The molecule has 144 valence electrons. The summed E-state index contributed by atoms with van der Waals surface area (Å²) in [6.07, 6.45) is 0.796. The molecule has 4 rings (SSSR count). The predicted octanol–water partition coefficient (Wildman–Crippen LogP) is 2.63. The lowest BCUT2D eigenvalue weighted by molar-refractivity contribution is -0.117. The Labute approximate surface area is 158 Å². The highest BCUT2D eigenvalue weighted by Crippen LogP contribution is 2.54. The monoisotopic (exact) mass is 388 g/mol. The van der Waals surface area contributed by atoms with Crippen LogP contribution in [0.5, 0.6) is 0 Å². The summed E-state index contributed by atoms with van der Waals surface area (Å²) in [6, 6.07) is 4.29. The Kier molecular flexibility index (Phi) is 4.17. The van der Waals surface area contributed by atoms with E-state index in [4.69, 9.17) is 0 Å². The average molecular weight is 388 g/mol. The average Bonchev–Trinajstić information content (AvgIpc) is 3.30. The summed E-state index contributed by atoms with van der Waals surface area (Å²) < 4.78 is 40.6. The first-order valence-electron chi connectivity index (χ1n) is 8.50. The number of nitrogens with zero attached hydrogens (tertiary/aromatic N) is 3. The molecule has 2 amide bonds. The molecule has 1 N–H and O–H groups in total. The van der Waals surface area contributed by atoms with Gasteiger partial charge < -0.3 is 4.90 Å². The van der Waals surface area contributed by atoms with Crippen molar-refractivity contribution in [1.29, 1.82) is 0 Å². The van der Waals surface area contributed by atoms with E-state index in [9.17, 15) is 22.8 Å². The molecule has 1 aromatic heterocycles. The lowest BCUT2D eigenvalue weighted by Crippen LogP contribution is -2.47. The maximum Gasteiger partial charge on any atom is 0.254 e. The number of hydrogen-bond acceptors (Lipinski definition) is 4. The van der Waals surface area contributed by atoms with E-state index in [2.05, 4.69) is 21.9 Å². The molecule has 2 atom stereocenters. The van der Waals surface area contributed by atoms with Crippen LogP contribution in [0.15, 0.2) is 37.2 Å². The minimum atomic E-state index is -1.19. The molecular weight excluding hydrogens is 373 g/mol. The molecule has 6 nitrogen and oxygen atoms in total. The van der Waals surface area contributed by atoms with Crippen LogP contribution in [0, 0.1) is 5.82 Å². The minimum Gasteiger partial charge on any atom is -0.328 e. The van der Waals surface area contributed by atoms with Gasteiger partial charge in [-0.1, -0.05) is 12.6 Å². The van der Waals surface area contributed by atoms with Gasteiger partial charge in [0.25, 0.3) is 5.91 Å². The van der Waals surface area contributed by atoms with Crippen LogP contribution in [-0.4, -0.2) is 45.9 Å². The summed E-state index contributed by atoms with van der Waals surface area (Å²) in [4.78, 5) is 33.5. The van der Waals surface area contributed by atoms with Gasteiger partial charge in [0.05, 0.1) is 12.4 Å². The number of nitrogens with one attached hydrogen (secondary N) is 1. The van der Waals surface area contributed by atoms with Crippen molar-refractivity contribution in [2.75, 3.05) is 18.4 Å². The standard InChI is InChI=1S/C19H15F3N4O2/c1-10(20)11-2-3-13-14(4-11)19(5-15(19)22)9-26(17(13)28)8-16(27)25-18-23-6-12(21)7-24-18/h2-4,6-7,15H,1,5,8-9H2,(H,23,24,25,27)/t15-,19?/m1/s1. The van der Waals surface area contributed by atoms with E-state index in [-0.39, 0.29) is 36.6 Å². The van der Waals surface area contributed by atoms with E-state index in [0.717, 1.165) is 12.4 Å². The highest BCUT2D eigenvalue weighted by atomic mass is 19.1. The number of carbonyl (C=O) groups is 2. The number of fused-ring (bicyclic) bond motifs is 2. The number of rotatable bonds is 4. The van der Waals surface area contributed by atoms with Gasteiger partial charge >= 0.3 is 0 Å². The quantitative estimate of drug-likeness (QED) is 0.874. The van der Waals surface area contributed by atoms with E-state index in [1.54, 1.807) is 0 Å². The lowest BCUT2D eigenvalue weighted by Gasteiger charge is -2.34. The number of anilines is 1. The second kappa shape index (κ2) is 6.43. The van der Waals surface area contributed by atoms with E-state index in [1.165, 1.54) is 23.1 Å². The Balaban J connectivity index is 1.57. The van der Waals surface area contributed by atoms with Gasteiger partial charge in [0.1, 0.15) is 18.5 Å². The first-order chi connectivity index (χ1) is 13.3. The Hall–Kier alpha value is -3.23. The predicted molar refractivity (Wildman–Crippen MR) is 94.3 cm³/mol. The molecule has 1 aromatic carbocycles. The summed E-state index contributed by atoms with van der Waals surface area (Å²) in [5.41, 5.74) is -0.0619. The van der Waals surface area contributed by atoms with Crippen molar-refractivity contribution >= 4 is 23.6 Å². The van der Waals surface area contributed by atoms with E-state index >= 15 is 0 Å². The van der Waals surface area contributed by atoms with Crippen LogP contribution in [-0.2, 0) is 10.2 Å². The van der Waals surface area contributed by atoms with Crippen LogP contribution in [0.4, 0.5) is 19.1 Å². The third-order valence-electron chi connectivity index (χ3n) is 5.05. The Morgan fingerprint density at radius 1 is 1.36 bits per heavy atom. The minimum absolute atomic E-state index is 0.0000891. The first kappa shape index (κ1) is 18.1. The fourth-order valence-corrected chi connectivity index (χ4v) is 3.52. The topological polar surface area (TPSA) is 75.2 Å². The van der Waals surface area contributed by atoms with E-state index in [1.807, 2.05) is 0 Å². The third-order valence-corrected chi connectivity index (χ3v) is 5.05. The number of halogens is 3. The smallest absolute Gasteiger partial charge is 0.254 e. The molecule has 1 spiro atoms.